The minimum Gasteiger partial charge on any atom is -0.780 e. The summed E-state index contributed by atoms with van der Waals surface area (Å²) in [6, 6.07) is -0.862. The van der Waals surface area contributed by atoms with Gasteiger partial charge in [0, 0.05) is 26.0 Å². The van der Waals surface area contributed by atoms with Crippen LogP contribution in [0, 0.1) is 0 Å². The number of ether oxygens (including phenoxy) is 2. The quantitative estimate of drug-likeness (QED) is 0.296. The lowest BCUT2D eigenvalue weighted by Gasteiger charge is -2.33. The van der Waals surface area contributed by atoms with Gasteiger partial charge in [-0.2, -0.15) is 0 Å². The second-order valence-corrected chi connectivity index (χ2v) is 11.5. The van der Waals surface area contributed by atoms with Gasteiger partial charge in [0.2, 0.25) is 0 Å². The SMILES string of the molecule is [B][C@@H]1O[C@H](CO)C[C@@H]1OP([O-])(=S)OC[C@H]1O[C@@H](C)CC1OP(=O)([S-])OC. The molecule has 0 bridgehead atoms. The van der Waals surface area contributed by atoms with Gasteiger partial charge in [-0.05, 0) is 6.92 Å². The predicted molar refractivity (Wildman–Crippen MR) is 97.0 cm³/mol. The van der Waals surface area contributed by atoms with Crippen LogP contribution in [0.2, 0.25) is 0 Å². The first kappa shape index (κ1) is 23.3. The molecule has 26 heavy (non-hydrogen) atoms. The van der Waals surface area contributed by atoms with Crippen molar-refractivity contribution in [3.63, 3.8) is 0 Å². The van der Waals surface area contributed by atoms with E-state index in [1.54, 1.807) is 6.92 Å². The van der Waals surface area contributed by atoms with Crippen LogP contribution in [-0.4, -0.2) is 69.8 Å². The molecule has 0 spiro atoms. The standard InChI is InChI=1S/C12H23BO9P2S2/c1-7-3-9(21-23(15,25)17-2)11(19-7)6-18-24(16,26)22-10-4-8(5-14)20-12(10)13/h7-12,14H,3-6H2,1-2H3,(H,15,25)(H,16,26)/p-2/t7-,8-,9?,10-,11+,12+,23?,24?/m0/s1. The maximum absolute atomic E-state index is 12.4. The van der Waals surface area contributed by atoms with Gasteiger partial charge in [0.1, 0.15) is 20.7 Å². The Labute approximate surface area is 164 Å². The van der Waals surface area contributed by atoms with Crippen molar-refractivity contribution in [2.75, 3.05) is 20.3 Å². The topological polar surface area (TPSA) is 116 Å². The average Bonchev–Trinajstić information content (AvgIpc) is 3.07. The van der Waals surface area contributed by atoms with Gasteiger partial charge in [0.15, 0.2) is 6.80 Å². The summed E-state index contributed by atoms with van der Waals surface area (Å²) in [4.78, 5) is 12.4. The van der Waals surface area contributed by atoms with E-state index in [-0.39, 0.29) is 25.7 Å². The smallest absolute Gasteiger partial charge is 0.199 e. The Morgan fingerprint density at radius 2 is 2.04 bits per heavy atom. The van der Waals surface area contributed by atoms with Crippen molar-refractivity contribution < 1.29 is 42.1 Å². The minimum atomic E-state index is -3.89. The van der Waals surface area contributed by atoms with E-state index in [4.69, 9.17) is 60.1 Å². The highest BCUT2D eigenvalue weighted by molar-refractivity contribution is 8.32. The Kier molecular flexibility index (Phi) is 8.63. The zero-order chi connectivity index (χ0) is 19.5. The molecule has 2 aliphatic rings. The van der Waals surface area contributed by atoms with E-state index in [0.29, 0.717) is 6.42 Å². The molecule has 14 heteroatoms. The highest BCUT2D eigenvalue weighted by atomic mass is 32.7. The van der Waals surface area contributed by atoms with Crippen LogP contribution in [0.5, 0.6) is 0 Å². The van der Waals surface area contributed by atoms with Crippen molar-refractivity contribution >= 4 is 45.4 Å². The summed E-state index contributed by atoms with van der Waals surface area (Å²) in [5.41, 5.74) is 0. The summed E-state index contributed by atoms with van der Waals surface area (Å²) < 4.78 is 43.1. The van der Waals surface area contributed by atoms with Crippen molar-refractivity contribution in [2.45, 2.75) is 56.3 Å². The molecule has 3 unspecified atom stereocenters. The molecule has 0 amide bonds. The molecular weight excluding hydrogens is 425 g/mol. The van der Waals surface area contributed by atoms with Crippen LogP contribution in [0.4, 0.5) is 0 Å². The highest BCUT2D eigenvalue weighted by Gasteiger charge is 2.37. The van der Waals surface area contributed by atoms with E-state index < -0.39 is 43.9 Å². The molecule has 150 valence electrons. The fourth-order valence-electron chi connectivity index (χ4n) is 2.73. The molecule has 8 atom stereocenters. The van der Waals surface area contributed by atoms with Crippen LogP contribution in [-0.2, 0) is 56.2 Å². The number of aliphatic hydroxyl groups is 1. The van der Waals surface area contributed by atoms with Crippen LogP contribution in [0.25, 0.3) is 0 Å². The van der Waals surface area contributed by atoms with Gasteiger partial charge in [-0.1, -0.05) is 11.8 Å². The first-order valence-corrected chi connectivity index (χ1v) is 13.0. The lowest BCUT2D eigenvalue weighted by Crippen LogP contribution is -2.31. The molecule has 0 aromatic rings. The molecule has 0 saturated carbocycles. The van der Waals surface area contributed by atoms with Crippen molar-refractivity contribution in [3.05, 3.63) is 0 Å². The summed E-state index contributed by atoms with van der Waals surface area (Å²) in [5, 5.41) is 9.08. The van der Waals surface area contributed by atoms with Crippen molar-refractivity contribution in [1.29, 1.82) is 0 Å². The third-order valence-corrected chi connectivity index (χ3v) is 7.20. The molecule has 2 rings (SSSR count). The molecule has 2 aliphatic heterocycles. The lowest BCUT2D eigenvalue weighted by molar-refractivity contribution is -0.213. The zero-order valence-corrected chi connectivity index (χ0v) is 17.7. The molecule has 2 fully saturated rings. The normalized spacial score (nSPS) is 39.6. The van der Waals surface area contributed by atoms with E-state index in [2.05, 4.69) is 4.52 Å². The molecule has 0 aromatic carbocycles. The van der Waals surface area contributed by atoms with Crippen LogP contribution in [0.15, 0.2) is 0 Å². The summed E-state index contributed by atoms with van der Waals surface area (Å²) in [6.07, 6.45) is -2.14. The van der Waals surface area contributed by atoms with Crippen LogP contribution in [0.3, 0.4) is 0 Å². The molecule has 9 nitrogen and oxygen atoms in total. The van der Waals surface area contributed by atoms with Crippen molar-refractivity contribution in [2.24, 2.45) is 0 Å². The maximum atomic E-state index is 12.4. The number of rotatable bonds is 9. The van der Waals surface area contributed by atoms with Gasteiger partial charge in [0.25, 0.3) is 0 Å². The molecule has 0 aromatic heterocycles. The van der Waals surface area contributed by atoms with Crippen molar-refractivity contribution in [3.8, 4) is 0 Å². The summed E-state index contributed by atoms with van der Waals surface area (Å²) in [6.45, 7) is -6.17. The Morgan fingerprint density at radius 1 is 1.35 bits per heavy atom. The van der Waals surface area contributed by atoms with Crippen LogP contribution in [0.1, 0.15) is 19.8 Å². The Morgan fingerprint density at radius 3 is 2.62 bits per heavy atom. The number of hydrogen-bond acceptors (Lipinski definition) is 11. The zero-order valence-electron chi connectivity index (χ0n) is 14.3. The maximum Gasteiger partial charge on any atom is 0.199 e. The van der Waals surface area contributed by atoms with E-state index in [0.717, 1.165) is 0 Å². The molecule has 0 aliphatic carbocycles. The molecule has 2 heterocycles. The minimum absolute atomic E-state index is 0.201. The van der Waals surface area contributed by atoms with Gasteiger partial charge in [0.05, 0.1) is 37.6 Å². The number of aliphatic hydroxyl groups excluding tert-OH is 1. The average molecular weight is 446 g/mol. The first-order valence-electron chi connectivity index (χ1n) is 7.91. The predicted octanol–water partition coefficient (Wildman–Crippen LogP) is 0.113. The van der Waals surface area contributed by atoms with Gasteiger partial charge < -0.3 is 49.8 Å². The van der Waals surface area contributed by atoms with Gasteiger partial charge >= 0.3 is 0 Å². The second-order valence-electron chi connectivity index (χ2n) is 6.02. The van der Waals surface area contributed by atoms with Gasteiger partial charge in [-0.15, -0.1) is 0 Å². The molecule has 2 saturated heterocycles. The lowest BCUT2D eigenvalue weighted by atomic mass is 9.95. The van der Waals surface area contributed by atoms with Gasteiger partial charge in [-0.3, -0.25) is 4.57 Å². The molecule has 2 radical (unpaired) electrons. The number of hydrogen-bond donors (Lipinski definition) is 1. The summed E-state index contributed by atoms with van der Waals surface area (Å²) in [5.74, 6) is 0. The fourth-order valence-corrected chi connectivity index (χ4v) is 5.14. The van der Waals surface area contributed by atoms with E-state index in [1.807, 2.05) is 0 Å². The van der Waals surface area contributed by atoms with Crippen molar-refractivity contribution in [1.82, 2.24) is 0 Å². The monoisotopic (exact) mass is 446 g/mol. The Hall–Kier alpha value is 0.975. The Balaban J connectivity index is 1.89. The second kappa shape index (κ2) is 9.65. The molecule has 1 N–H and O–H groups in total. The third kappa shape index (κ3) is 6.79. The van der Waals surface area contributed by atoms with Crippen LogP contribution >= 0.6 is 13.5 Å². The fraction of sp³-hybridized carbons (Fsp3) is 1.00. The summed E-state index contributed by atoms with van der Waals surface area (Å²) >= 11 is 9.61. The Bertz CT molecular complexity index is 571. The van der Waals surface area contributed by atoms with E-state index >= 15 is 0 Å². The van der Waals surface area contributed by atoms with Crippen LogP contribution < -0.4 is 4.89 Å². The first-order chi connectivity index (χ1) is 12.0. The molecular formula is C12H21BO9P2S2-2. The van der Waals surface area contributed by atoms with E-state index in [9.17, 15) is 9.46 Å². The summed E-state index contributed by atoms with van der Waals surface area (Å²) in [7, 11) is 6.90. The third-order valence-electron chi connectivity index (χ3n) is 3.95. The highest BCUT2D eigenvalue weighted by Crippen LogP contribution is 2.49. The largest absolute Gasteiger partial charge is 0.780 e. The van der Waals surface area contributed by atoms with E-state index in [1.165, 1.54) is 7.11 Å². The van der Waals surface area contributed by atoms with Gasteiger partial charge in [-0.25, -0.2) is 0 Å².